The minimum atomic E-state index is -3.69. The van der Waals surface area contributed by atoms with Gasteiger partial charge in [0.2, 0.25) is 0 Å². The van der Waals surface area contributed by atoms with Crippen LogP contribution in [0.2, 0.25) is 0 Å². The van der Waals surface area contributed by atoms with Crippen molar-refractivity contribution in [1.29, 1.82) is 0 Å². The highest BCUT2D eigenvalue weighted by atomic mass is 32.2. The number of hydrogen-bond acceptors (Lipinski definition) is 6. The van der Waals surface area contributed by atoms with Crippen molar-refractivity contribution in [3.8, 4) is 5.75 Å². The van der Waals surface area contributed by atoms with Crippen LogP contribution in [0.1, 0.15) is 46.0 Å². The molecule has 0 fully saturated rings. The molecule has 3 rings (SSSR count). The number of rotatable bonds is 10. The maximum atomic E-state index is 13.8. The van der Waals surface area contributed by atoms with Gasteiger partial charge >= 0.3 is 5.97 Å². The van der Waals surface area contributed by atoms with Gasteiger partial charge in [-0.05, 0) is 49.4 Å². The van der Waals surface area contributed by atoms with Gasteiger partial charge in [0.25, 0.3) is 0 Å². The zero-order valence-corrected chi connectivity index (χ0v) is 21.5. The summed E-state index contributed by atoms with van der Waals surface area (Å²) in [5.74, 6) is -0.980. The van der Waals surface area contributed by atoms with Crippen LogP contribution in [0, 0.1) is 11.2 Å². The van der Waals surface area contributed by atoms with Crippen LogP contribution in [0.5, 0.6) is 5.75 Å². The first kappa shape index (κ1) is 26.3. The van der Waals surface area contributed by atoms with Crippen molar-refractivity contribution in [2.24, 2.45) is 5.41 Å². The van der Waals surface area contributed by atoms with Gasteiger partial charge in [-0.25, -0.2) is 12.8 Å². The fourth-order valence-electron chi connectivity index (χ4n) is 4.40. The van der Waals surface area contributed by atoms with E-state index in [1.165, 1.54) is 30.0 Å². The van der Waals surface area contributed by atoms with Crippen LogP contribution < -0.4 is 9.64 Å². The number of hydrogen-bond donors (Lipinski definition) is 1. The van der Waals surface area contributed by atoms with E-state index in [-0.39, 0.29) is 29.5 Å². The Labute approximate surface area is 205 Å². The van der Waals surface area contributed by atoms with Gasteiger partial charge in [0.1, 0.15) is 11.6 Å². The van der Waals surface area contributed by atoms with Gasteiger partial charge in [-0.15, -0.1) is 11.8 Å². The quantitative estimate of drug-likeness (QED) is 0.398. The minimum absolute atomic E-state index is 0.00831. The van der Waals surface area contributed by atoms with Crippen LogP contribution in [-0.4, -0.2) is 44.7 Å². The molecule has 0 saturated heterocycles. The summed E-state index contributed by atoms with van der Waals surface area (Å²) in [4.78, 5) is 13.8. The van der Waals surface area contributed by atoms with Crippen molar-refractivity contribution < 1.29 is 27.4 Å². The molecular formula is C25H32FNO5S2. The Morgan fingerprint density at radius 2 is 1.94 bits per heavy atom. The lowest BCUT2D eigenvalue weighted by Gasteiger charge is -2.36. The third kappa shape index (κ3) is 5.86. The lowest BCUT2D eigenvalue weighted by atomic mass is 9.81. The van der Waals surface area contributed by atoms with E-state index in [1.807, 2.05) is 18.1 Å². The molecule has 2 aromatic carbocycles. The Balaban J connectivity index is 2.19. The predicted molar refractivity (Wildman–Crippen MR) is 134 cm³/mol. The number of sulfone groups is 1. The maximum absolute atomic E-state index is 13.8. The molecule has 0 aliphatic carbocycles. The van der Waals surface area contributed by atoms with Crippen LogP contribution in [0.3, 0.4) is 0 Å². The molecule has 1 aliphatic heterocycles. The second-order valence-corrected chi connectivity index (χ2v) is 11.5. The van der Waals surface area contributed by atoms with Crippen LogP contribution in [0.15, 0.2) is 46.2 Å². The minimum Gasteiger partial charge on any atom is -0.492 e. The van der Waals surface area contributed by atoms with Crippen molar-refractivity contribution in [3.63, 3.8) is 0 Å². The fourth-order valence-corrected chi connectivity index (χ4v) is 7.13. The molecule has 0 bridgehead atoms. The third-order valence-corrected chi connectivity index (χ3v) is 9.13. The third-order valence-electron chi connectivity index (χ3n) is 6.38. The number of ether oxygens (including phenoxy) is 1. The van der Waals surface area contributed by atoms with Crippen molar-refractivity contribution in [2.45, 2.75) is 55.7 Å². The van der Waals surface area contributed by atoms with Crippen molar-refractivity contribution in [1.82, 2.24) is 0 Å². The van der Waals surface area contributed by atoms with Crippen LogP contribution >= 0.6 is 11.8 Å². The first-order valence-electron chi connectivity index (χ1n) is 11.5. The van der Waals surface area contributed by atoms with Gasteiger partial charge < -0.3 is 14.7 Å². The van der Waals surface area contributed by atoms with Gasteiger partial charge in [0.05, 0.1) is 34.3 Å². The van der Waals surface area contributed by atoms with Crippen LogP contribution in [0.4, 0.5) is 15.8 Å². The average molecular weight is 510 g/mol. The number of carbonyl (C=O) groups is 1. The molecule has 6 nitrogen and oxygen atoms in total. The number of carboxylic acids is 1. The Bertz CT molecular complexity index is 1120. The summed E-state index contributed by atoms with van der Waals surface area (Å²) < 4.78 is 46.9. The van der Waals surface area contributed by atoms with E-state index in [9.17, 15) is 17.6 Å². The number of thioether (sulfide) groups is 1. The molecule has 1 N–H and O–H groups in total. The molecule has 34 heavy (non-hydrogen) atoms. The summed E-state index contributed by atoms with van der Waals surface area (Å²) in [5.41, 5.74) is 0.792. The number of benzene rings is 2. The van der Waals surface area contributed by atoms with E-state index in [1.54, 1.807) is 18.2 Å². The molecule has 1 atom stereocenters. The molecule has 1 aliphatic rings. The average Bonchev–Trinajstić information content (AvgIpc) is 2.90. The Kier molecular flexibility index (Phi) is 8.52. The van der Waals surface area contributed by atoms with Gasteiger partial charge in [0.15, 0.2) is 9.84 Å². The first-order valence-corrected chi connectivity index (χ1v) is 14.3. The van der Waals surface area contributed by atoms with Crippen LogP contribution in [0.25, 0.3) is 0 Å². The molecule has 2 aromatic rings. The molecule has 0 radical (unpaired) electrons. The Morgan fingerprint density at radius 1 is 1.24 bits per heavy atom. The number of carboxylic acid groups (broad SMARTS) is 1. The van der Waals surface area contributed by atoms with E-state index < -0.39 is 21.2 Å². The van der Waals surface area contributed by atoms with Gasteiger partial charge in [-0.1, -0.05) is 26.7 Å². The predicted octanol–water partition coefficient (Wildman–Crippen LogP) is 5.91. The molecule has 0 aromatic heterocycles. The van der Waals surface area contributed by atoms with Crippen molar-refractivity contribution >= 4 is 38.9 Å². The van der Waals surface area contributed by atoms with E-state index in [4.69, 9.17) is 9.84 Å². The Morgan fingerprint density at radius 3 is 2.53 bits per heavy atom. The van der Waals surface area contributed by atoms with E-state index in [2.05, 4.69) is 6.92 Å². The maximum Gasteiger partial charge on any atom is 0.306 e. The summed E-state index contributed by atoms with van der Waals surface area (Å²) in [6.45, 7) is 4.55. The highest BCUT2D eigenvalue weighted by Crippen LogP contribution is 2.47. The molecule has 0 saturated carbocycles. The molecular weight excluding hydrogens is 477 g/mol. The van der Waals surface area contributed by atoms with E-state index in [0.717, 1.165) is 24.9 Å². The second kappa shape index (κ2) is 11.0. The lowest BCUT2D eigenvalue weighted by molar-refractivity contribution is -0.137. The largest absolute Gasteiger partial charge is 0.492 e. The molecule has 186 valence electrons. The smallest absolute Gasteiger partial charge is 0.306 e. The van der Waals surface area contributed by atoms with Gasteiger partial charge in [-0.3, -0.25) is 4.79 Å². The molecule has 0 unspecified atom stereocenters. The van der Waals surface area contributed by atoms with E-state index in [0.29, 0.717) is 29.3 Å². The molecule has 0 amide bonds. The van der Waals surface area contributed by atoms with Gasteiger partial charge in [-0.2, -0.15) is 0 Å². The SMILES string of the molecule is CCCC[C@@]1(CC)CN(c2ccc(F)cc2)c2cc(SC)c(OCCC(=O)O)cc2S(=O)(=O)C1. The highest BCUT2D eigenvalue weighted by Gasteiger charge is 2.42. The number of nitrogens with zero attached hydrogens (tertiary/aromatic N) is 1. The summed E-state index contributed by atoms with van der Waals surface area (Å²) >= 11 is 1.40. The lowest BCUT2D eigenvalue weighted by Crippen LogP contribution is -2.37. The molecule has 9 heteroatoms. The Hall–Kier alpha value is -2.26. The zero-order chi connectivity index (χ0) is 24.9. The van der Waals surface area contributed by atoms with Gasteiger partial charge in [0, 0.05) is 23.7 Å². The monoisotopic (exact) mass is 509 g/mol. The first-order chi connectivity index (χ1) is 16.1. The van der Waals surface area contributed by atoms with Crippen molar-refractivity contribution in [3.05, 3.63) is 42.2 Å². The number of fused-ring (bicyclic) bond motifs is 1. The zero-order valence-electron chi connectivity index (χ0n) is 19.8. The molecule has 1 heterocycles. The second-order valence-electron chi connectivity index (χ2n) is 8.74. The van der Waals surface area contributed by atoms with Crippen LogP contribution in [-0.2, 0) is 14.6 Å². The van der Waals surface area contributed by atoms with Crippen molar-refractivity contribution in [2.75, 3.05) is 30.1 Å². The summed E-state index contributed by atoms with van der Waals surface area (Å²) in [7, 11) is -3.69. The van der Waals surface area contributed by atoms with E-state index >= 15 is 0 Å². The number of anilines is 2. The summed E-state index contributed by atoms with van der Waals surface area (Å²) in [5, 5.41) is 8.95. The number of halogens is 1. The summed E-state index contributed by atoms with van der Waals surface area (Å²) in [6, 6.07) is 9.43. The topological polar surface area (TPSA) is 83.9 Å². The summed E-state index contributed by atoms with van der Waals surface area (Å²) in [6.07, 6.45) is 5.00. The number of aliphatic carboxylic acids is 1. The fraction of sp³-hybridized carbons (Fsp3) is 0.480. The normalized spacial score (nSPS) is 19.4. The highest BCUT2D eigenvalue weighted by molar-refractivity contribution is 7.98. The number of unbranched alkanes of at least 4 members (excludes halogenated alkanes) is 1. The standard InChI is InChI=1S/C25H32FNO5S2/c1-4-6-12-25(5-2)16-27(19-9-7-18(26)8-10-19)20-14-22(33-3)21(32-13-11-24(28)29)15-23(20)34(30,31)17-25/h7-10,14-15H,4-6,11-13,16-17H2,1-3H3,(H,28,29)/t25-/m0/s1. The molecule has 0 spiro atoms.